The first-order chi connectivity index (χ1) is 9.14. The zero-order chi connectivity index (χ0) is 13.7. The average molecular weight is 327 g/mol. The van der Waals surface area contributed by atoms with E-state index in [1.165, 1.54) is 25.7 Å². The molecule has 1 saturated carbocycles. The minimum absolute atomic E-state index is 0.418. The number of anilines is 2. The summed E-state index contributed by atoms with van der Waals surface area (Å²) in [5.74, 6) is 1.76. The Morgan fingerprint density at radius 3 is 2.47 bits per heavy atom. The molecular formula is C14H23BrN4. The third kappa shape index (κ3) is 3.81. The lowest BCUT2D eigenvalue weighted by Gasteiger charge is -2.24. The van der Waals surface area contributed by atoms with Crippen LogP contribution in [0.4, 0.5) is 11.6 Å². The monoisotopic (exact) mass is 326 g/mol. The molecule has 1 aromatic rings. The van der Waals surface area contributed by atoms with E-state index in [-0.39, 0.29) is 0 Å². The first-order valence-electron chi connectivity index (χ1n) is 7.13. The number of rotatable bonds is 6. The van der Waals surface area contributed by atoms with Crippen LogP contribution in [0.3, 0.4) is 0 Å². The van der Waals surface area contributed by atoms with Gasteiger partial charge in [0.25, 0.3) is 0 Å². The summed E-state index contributed by atoms with van der Waals surface area (Å²) in [7, 11) is 0. The number of aromatic nitrogens is 2. The molecule has 1 aliphatic rings. The van der Waals surface area contributed by atoms with Crippen LogP contribution in [0.15, 0.2) is 10.8 Å². The average Bonchev–Trinajstić information content (AvgIpc) is 2.84. The zero-order valence-electron chi connectivity index (χ0n) is 11.8. The maximum atomic E-state index is 4.33. The van der Waals surface area contributed by atoms with Crippen LogP contribution in [0.2, 0.25) is 0 Å². The molecular weight excluding hydrogens is 304 g/mol. The molecule has 2 N–H and O–H groups in total. The van der Waals surface area contributed by atoms with Gasteiger partial charge in [0.1, 0.15) is 22.4 Å². The Balaban J connectivity index is 1.99. The van der Waals surface area contributed by atoms with Crippen molar-refractivity contribution in [3.05, 3.63) is 10.8 Å². The lowest BCUT2D eigenvalue weighted by Crippen LogP contribution is -2.23. The third-order valence-electron chi connectivity index (χ3n) is 3.83. The molecule has 1 aliphatic carbocycles. The highest BCUT2D eigenvalue weighted by Crippen LogP contribution is 2.38. The van der Waals surface area contributed by atoms with E-state index in [4.69, 9.17) is 0 Å². The van der Waals surface area contributed by atoms with Gasteiger partial charge in [-0.2, -0.15) is 0 Å². The first-order valence-corrected chi connectivity index (χ1v) is 7.92. The van der Waals surface area contributed by atoms with E-state index in [0.29, 0.717) is 5.41 Å². The molecule has 2 rings (SSSR count). The fourth-order valence-corrected chi connectivity index (χ4v) is 3.05. The van der Waals surface area contributed by atoms with Crippen molar-refractivity contribution in [1.82, 2.24) is 9.97 Å². The molecule has 0 atom stereocenters. The van der Waals surface area contributed by atoms with Crippen molar-refractivity contribution in [2.45, 2.75) is 46.0 Å². The van der Waals surface area contributed by atoms with Crippen molar-refractivity contribution in [2.75, 3.05) is 23.7 Å². The second-order valence-electron chi connectivity index (χ2n) is 5.68. The van der Waals surface area contributed by atoms with Crippen molar-refractivity contribution in [3.8, 4) is 0 Å². The Hall–Kier alpha value is -0.840. The Morgan fingerprint density at radius 2 is 1.84 bits per heavy atom. The molecule has 19 heavy (non-hydrogen) atoms. The highest BCUT2D eigenvalue weighted by atomic mass is 79.9. The molecule has 0 aromatic carbocycles. The Kier molecular flexibility index (Phi) is 5.02. The summed E-state index contributed by atoms with van der Waals surface area (Å²) >= 11 is 3.59. The topological polar surface area (TPSA) is 49.8 Å². The number of nitrogens with one attached hydrogen (secondary N) is 2. The smallest absolute Gasteiger partial charge is 0.145 e. The molecule has 4 nitrogen and oxygen atoms in total. The number of hydrogen-bond donors (Lipinski definition) is 2. The fourth-order valence-electron chi connectivity index (χ4n) is 2.56. The molecule has 0 aliphatic heterocycles. The Labute approximate surface area is 123 Å². The number of nitrogens with zero attached hydrogens (tertiary/aromatic N) is 2. The van der Waals surface area contributed by atoms with Crippen LogP contribution in [0, 0.1) is 5.41 Å². The lowest BCUT2D eigenvalue weighted by atomic mass is 9.89. The molecule has 1 fully saturated rings. The number of halogens is 1. The van der Waals surface area contributed by atoms with Crippen LogP contribution in [0.1, 0.15) is 46.0 Å². The van der Waals surface area contributed by atoms with E-state index in [0.717, 1.165) is 35.6 Å². The van der Waals surface area contributed by atoms with Crippen molar-refractivity contribution in [3.63, 3.8) is 0 Å². The SMILES string of the molecule is CCCNc1ncnc(NCC2(C)CCCC2)c1Br. The van der Waals surface area contributed by atoms with Gasteiger partial charge in [0.2, 0.25) is 0 Å². The predicted molar refractivity (Wildman–Crippen MR) is 83.6 cm³/mol. The summed E-state index contributed by atoms with van der Waals surface area (Å²) in [6.45, 7) is 6.41. The molecule has 1 heterocycles. The minimum atomic E-state index is 0.418. The van der Waals surface area contributed by atoms with E-state index in [1.807, 2.05) is 0 Å². The van der Waals surface area contributed by atoms with E-state index in [1.54, 1.807) is 6.33 Å². The highest BCUT2D eigenvalue weighted by Gasteiger charge is 2.28. The highest BCUT2D eigenvalue weighted by molar-refractivity contribution is 9.10. The second kappa shape index (κ2) is 6.55. The van der Waals surface area contributed by atoms with Gasteiger partial charge in [-0.15, -0.1) is 0 Å². The van der Waals surface area contributed by atoms with Gasteiger partial charge in [-0.3, -0.25) is 0 Å². The summed E-state index contributed by atoms with van der Waals surface area (Å²) in [5, 5.41) is 6.78. The van der Waals surface area contributed by atoms with Crippen LogP contribution in [0.25, 0.3) is 0 Å². The Morgan fingerprint density at radius 1 is 1.21 bits per heavy atom. The van der Waals surface area contributed by atoms with Gasteiger partial charge in [0, 0.05) is 13.1 Å². The largest absolute Gasteiger partial charge is 0.369 e. The molecule has 0 spiro atoms. The van der Waals surface area contributed by atoms with Crippen LogP contribution < -0.4 is 10.6 Å². The maximum absolute atomic E-state index is 4.33. The molecule has 0 radical (unpaired) electrons. The van der Waals surface area contributed by atoms with Crippen molar-refractivity contribution < 1.29 is 0 Å². The molecule has 1 aromatic heterocycles. The van der Waals surface area contributed by atoms with Crippen molar-refractivity contribution in [2.24, 2.45) is 5.41 Å². The van der Waals surface area contributed by atoms with Gasteiger partial charge in [-0.25, -0.2) is 9.97 Å². The normalized spacial score (nSPS) is 17.4. The van der Waals surface area contributed by atoms with Gasteiger partial charge in [0.15, 0.2) is 0 Å². The van der Waals surface area contributed by atoms with Gasteiger partial charge in [-0.05, 0) is 40.6 Å². The van der Waals surface area contributed by atoms with Crippen LogP contribution in [-0.4, -0.2) is 23.1 Å². The molecule has 0 saturated heterocycles. The fraction of sp³-hybridized carbons (Fsp3) is 0.714. The number of hydrogen-bond acceptors (Lipinski definition) is 4. The van der Waals surface area contributed by atoms with Gasteiger partial charge < -0.3 is 10.6 Å². The molecule has 5 heteroatoms. The van der Waals surface area contributed by atoms with Gasteiger partial charge >= 0.3 is 0 Å². The Bertz CT molecular complexity index is 416. The molecule has 0 unspecified atom stereocenters. The quantitative estimate of drug-likeness (QED) is 0.827. The van der Waals surface area contributed by atoms with E-state index >= 15 is 0 Å². The van der Waals surface area contributed by atoms with E-state index in [2.05, 4.69) is 50.4 Å². The molecule has 106 valence electrons. The predicted octanol–water partition coefficient (Wildman–Crippen LogP) is 4.05. The molecule has 0 bridgehead atoms. The summed E-state index contributed by atoms with van der Waals surface area (Å²) in [6.07, 6.45) is 8.02. The maximum Gasteiger partial charge on any atom is 0.145 e. The summed E-state index contributed by atoms with van der Waals surface area (Å²) in [4.78, 5) is 8.59. The van der Waals surface area contributed by atoms with E-state index in [9.17, 15) is 0 Å². The van der Waals surface area contributed by atoms with Gasteiger partial charge in [-0.1, -0.05) is 26.7 Å². The van der Waals surface area contributed by atoms with Gasteiger partial charge in [0.05, 0.1) is 0 Å². The standard InChI is InChI=1S/C14H23BrN4/c1-3-8-16-12-11(15)13(19-10-18-12)17-9-14(2)6-4-5-7-14/h10H,3-9H2,1-2H3,(H2,16,17,18,19). The third-order valence-corrected chi connectivity index (χ3v) is 4.58. The second-order valence-corrected chi connectivity index (χ2v) is 6.48. The minimum Gasteiger partial charge on any atom is -0.369 e. The van der Waals surface area contributed by atoms with Crippen LogP contribution >= 0.6 is 15.9 Å². The zero-order valence-corrected chi connectivity index (χ0v) is 13.4. The van der Waals surface area contributed by atoms with Crippen LogP contribution in [0.5, 0.6) is 0 Å². The van der Waals surface area contributed by atoms with E-state index < -0.39 is 0 Å². The summed E-state index contributed by atoms with van der Waals surface area (Å²) < 4.78 is 0.935. The first kappa shape index (κ1) is 14.6. The summed E-state index contributed by atoms with van der Waals surface area (Å²) in [6, 6.07) is 0. The summed E-state index contributed by atoms with van der Waals surface area (Å²) in [5.41, 5.74) is 0.418. The van der Waals surface area contributed by atoms with Crippen molar-refractivity contribution in [1.29, 1.82) is 0 Å². The van der Waals surface area contributed by atoms with Crippen molar-refractivity contribution >= 4 is 27.6 Å². The molecule has 0 amide bonds. The van der Waals surface area contributed by atoms with Crippen LogP contribution in [-0.2, 0) is 0 Å². The lowest BCUT2D eigenvalue weighted by molar-refractivity contribution is 0.361.